The molecule has 0 bridgehead atoms. The third kappa shape index (κ3) is 7.11. The van der Waals surface area contributed by atoms with Crippen molar-refractivity contribution < 1.29 is 28.6 Å². The van der Waals surface area contributed by atoms with E-state index in [1.807, 2.05) is 49.6 Å². The van der Waals surface area contributed by atoms with Crippen LogP contribution in [0.25, 0.3) is 11.0 Å². The molecular weight excluding hydrogens is 514 g/mol. The Labute approximate surface area is 236 Å². The highest BCUT2D eigenvalue weighted by molar-refractivity contribution is 5.95. The first-order chi connectivity index (χ1) is 19.1. The molecule has 2 saturated heterocycles. The Hall–Kier alpha value is -3.18. The fourth-order valence-electron chi connectivity index (χ4n) is 5.35. The Kier molecular flexibility index (Phi) is 9.68. The molecule has 11 nitrogen and oxygen atoms in total. The molecule has 3 heterocycles. The zero-order valence-electron chi connectivity index (χ0n) is 24.4. The summed E-state index contributed by atoms with van der Waals surface area (Å²) in [5, 5.41) is 0. The second-order valence-electron chi connectivity index (χ2n) is 11.6. The van der Waals surface area contributed by atoms with E-state index in [0.29, 0.717) is 51.7 Å². The van der Waals surface area contributed by atoms with Crippen LogP contribution in [0.2, 0.25) is 0 Å². The largest absolute Gasteiger partial charge is 0.444 e. The molecular formula is C29H43N5O6. The van der Waals surface area contributed by atoms with Crippen LogP contribution in [0, 0.1) is 5.92 Å². The van der Waals surface area contributed by atoms with E-state index in [2.05, 4.69) is 0 Å². The number of unbranched alkanes of at least 4 members (excludes halogenated alkanes) is 1. The van der Waals surface area contributed by atoms with Crippen molar-refractivity contribution in [1.29, 1.82) is 0 Å². The number of aromatic nitrogens is 2. The number of ether oxygens (including phenoxy) is 3. The first-order valence-electron chi connectivity index (χ1n) is 14.1. The quantitative estimate of drug-likeness (QED) is 0.460. The number of hydrogen-bond acceptors (Lipinski definition) is 7. The van der Waals surface area contributed by atoms with Crippen LogP contribution in [0.4, 0.5) is 4.79 Å². The molecule has 0 spiro atoms. The number of nitrogens with zero attached hydrogens (tertiary/aromatic N) is 5. The van der Waals surface area contributed by atoms with E-state index in [4.69, 9.17) is 19.2 Å². The number of carbonyl (C=O) groups is 3. The number of fused-ring (bicyclic) bond motifs is 1. The maximum atomic E-state index is 14.0. The zero-order chi connectivity index (χ0) is 28.9. The van der Waals surface area contributed by atoms with Gasteiger partial charge in [0.1, 0.15) is 5.60 Å². The minimum atomic E-state index is -0.677. The number of likely N-dealkylation sites (tertiary alicyclic amines) is 1. The number of rotatable bonds is 8. The van der Waals surface area contributed by atoms with Gasteiger partial charge in [0.15, 0.2) is 5.82 Å². The van der Waals surface area contributed by atoms with E-state index in [1.165, 1.54) is 0 Å². The van der Waals surface area contributed by atoms with Crippen molar-refractivity contribution in [2.75, 3.05) is 60.2 Å². The summed E-state index contributed by atoms with van der Waals surface area (Å²) >= 11 is 0. The minimum absolute atomic E-state index is 0.0206. The minimum Gasteiger partial charge on any atom is -0.444 e. The summed E-state index contributed by atoms with van der Waals surface area (Å²) in [6.07, 6.45) is 1.67. The number of piperidine rings is 1. The van der Waals surface area contributed by atoms with Crippen molar-refractivity contribution in [3.05, 3.63) is 30.1 Å². The average molecular weight is 558 g/mol. The number of hydrogen-bond donors (Lipinski definition) is 0. The number of likely N-dealkylation sites (N-methyl/N-ethyl adjacent to an activating group) is 1. The van der Waals surface area contributed by atoms with Gasteiger partial charge < -0.3 is 33.5 Å². The summed E-state index contributed by atoms with van der Waals surface area (Å²) in [5.74, 6) is -0.358. The van der Waals surface area contributed by atoms with Gasteiger partial charge in [0.2, 0.25) is 5.91 Å². The second kappa shape index (κ2) is 13.0. The van der Waals surface area contributed by atoms with Crippen LogP contribution in [0.5, 0.6) is 0 Å². The number of aryl methyl sites for hydroxylation is 1. The van der Waals surface area contributed by atoms with Gasteiger partial charge >= 0.3 is 6.09 Å². The lowest BCUT2D eigenvalue weighted by molar-refractivity contribution is -0.142. The summed E-state index contributed by atoms with van der Waals surface area (Å²) in [7, 11) is 3.41. The van der Waals surface area contributed by atoms with Gasteiger partial charge in [-0.15, -0.1) is 0 Å². The summed E-state index contributed by atoms with van der Waals surface area (Å²) in [5.41, 5.74) is 0.977. The van der Waals surface area contributed by atoms with Gasteiger partial charge in [-0.3, -0.25) is 9.59 Å². The van der Waals surface area contributed by atoms with Crippen molar-refractivity contribution in [3.8, 4) is 0 Å². The summed E-state index contributed by atoms with van der Waals surface area (Å²) in [6, 6.07) is 7.34. The van der Waals surface area contributed by atoms with Crippen LogP contribution in [0.15, 0.2) is 24.3 Å². The molecule has 1 aromatic heterocycles. The predicted molar refractivity (Wildman–Crippen MR) is 150 cm³/mol. The highest BCUT2D eigenvalue weighted by atomic mass is 16.6. The lowest BCUT2D eigenvalue weighted by Crippen LogP contribution is -2.57. The molecule has 2 aliphatic rings. The molecule has 2 atom stereocenters. The maximum Gasteiger partial charge on any atom is 0.410 e. The van der Waals surface area contributed by atoms with Gasteiger partial charge in [0.25, 0.3) is 5.91 Å². The smallest absolute Gasteiger partial charge is 0.410 e. The molecule has 0 unspecified atom stereocenters. The average Bonchev–Trinajstić information content (AvgIpc) is 3.32. The zero-order valence-corrected chi connectivity index (χ0v) is 24.4. The van der Waals surface area contributed by atoms with E-state index >= 15 is 0 Å². The Morgan fingerprint density at radius 2 is 1.80 bits per heavy atom. The number of morpholine rings is 1. The number of para-hydroxylation sites is 2. The van der Waals surface area contributed by atoms with Crippen LogP contribution >= 0.6 is 0 Å². The van der Waals surface area contributed by atoms with Gasteiger partial charge in [-0.05, 0) is 52.2 Å². The van der Waals surface area contributed by atoms with Crippen LogP contribution < -0.4 is 0 Å². The monoisotopic (exact) mass is 557 g/mol. The molecule has 2 aliphatic heterocycles. The van der Waals surface area contributed by atoms with Gasteiger partial charge in [0, 0.05) is 53.5 Å². The van der Waals surface area contributed by atoms with Crippen LogP contribution in [0.3, 0.4) is 0 Å². The van der Waals surface area contributed by atoms with E-state index in [0.717, 1.165) is 23.9 Å². The van der Waals surface area contributed by atoms with Gasteiger partial charge in [-0.1, -0.05) is 12.1 Å². The SMILES string of the molecule is COCCCCn1c(C(=O)N(C)[C@H]2C[C@@H](C(=O)N3CCOCC3)CN(C(=O)OC(C)(C)C)C2)nc2ccccc21. The number of carbonyl (C=O) groups excluding carboxylic acids is 3. The molecule has 4 rings (SSSR count). The van der Waals surface area contributed by atoms with Crippen LogP contribution in [-0.2, 0) is 25.5 Å². The lowest BCUT2D eigenvalue weighted by Gasteiger charge is -2.42. The molecule has 2 fully saturated rings. The summed E-state index contributed by atoms with van der Waals surface area (Å²) in [6.45, 7) is 9.29. The molecule has 1 aromatic carbocycles. The summed E-state index contributed by atoms with van der Waals surface area (Å²) < 4.78 is 18.2. The first kappa shape index (κ1) is 29.8. The van der Waals surface area contributed by atoms with Crippen molar-refractivity contribution in [3.63, 3.8) is 0 Å². The molecule has 2 aromatic rings. The lowest BCUT2D eigenvalue weighted by atomic mass is 9.92. The van der Waals surface area contributed by atoms with Crippen LogP contribution in [0.1, 0.15) is 50.7 Å². The van der Waals surface area contributed by atoms with E-state index in [-0.39, 0.29) is 30.9 Å². The molecule has 0 radical (unpaired) electrons. The molecule has 40 heavy (non-hydrogen) atoms. The highest BCUT2D eigenvalue weighted by Gasteiger charge is 2.40. The van der Waals surface area contributed by atoms with E-state index < -0.39 is 17.6 Å². The number of imidazole rings is 1. The molecule has 3 amide bonds. The highest BCUT2D eigenvalue weighted by Crippen LogP contribution is 2.26. The first-order valence-corrected chi connectivity index (χ1v) is 14.1. The second-order valence-corrected chi connectivity index (χ2v) is 11.6. The standard InChI is InChI=1S/C29H43N5O6/c1-29(2,3)40-28(37)33-19-21(26(35)32-13-16-39-17-14-32)18-22(20-33)31(4)27(36)25-30-23-10-6-7-11-24(23)34(25)12-8-9-15-38-5/h6-7,10-11,21-22H,8-9,12-20H2,1-5H3/t21-,22+/m1/s1. The Balaban J connectivity index is 1.58. The molecule has 220 valence electrons. The number of methoxy groups -OCH3 is 1. The van der Waals surface area contributed by atoms with Crippen LogP contribution in [-0.4, -0.2) is 114 Å². The topological polar surface area (TPSA) is 106 Å². The van der Waals surface area contributed by atoms with Gasteiger partial charge in [-0.25, -0.2) is 9.78 Å². The fourth-order valence-corrected chi connectivity index (χ4v) is 5.35. The van der Waals surface area contributed by atoms with Crippen molar-refractivity contribution >= 4 is 28.9 Å². The van der Waals surface area contributed by atoms with Gasteiger partial charge in [-0.2, -0.15) is 0 Å². The van der Waals surface area contributed by atoms with E-state index in [1.54, 1.807) is 28.9 Å². The Bertz CT molecular complexity index is 1190. The number of amides is 3. The third-order valence-electron chi connectivity index (χ3n) is 7.45. The molecule has 0 saturated carbocycles. The molecule has 11 heteroatoms. The van der Waals surface area contributed by atoms with Gasteiger partial charge in [0.05, 0.1) is 36.2 Å². The molecule has 0 aliphatic carbocycles. The maximum absolute atomic E-state index is 14.0. The third-order valence-corrected chi connectivity index (χ3v) is 7.45. The van der Waals surface area contributed by atoms with Crippen molar-refractivity contribution in [1.82, 2.24) is 24.3 Å². The normalized spacial score (nSPS) is 20.0. The Morgan fingerprint density at radius 3 is 2.50 bits per heavy atom. The Morgan fingerprint density at radius 1 is 1.07 bits per heavy atom. The fraction of sp³-hybridized carbons (Fsp3) is 0.655. The summed E-state index contributed by atoms with van der Waals surface area (Å²) in [4.78, 5) is 50.3. The van der Waals surface area contributed by atoms with E-state index in [9.17, 15) is 14.4 Å². The molecule has 0 N–H and O–H groups in total. The number of benzene rings is 1. The predicted octanol–water partition coefficient (Wildman–Crippen LogP) is 3.02. The van der Waals surface area contributed by atoms with Crippen molar-refractivity contribution in [2.45, 2.75) is 58.2 Å². The van der Waals surface area contributed by atoms with Crippen molar-refractivity contribution in [2.24, 2.45) is 5.92 Å².